The first kappa shape index (κ1) is 20.4. The third-order valence-electron chi connectivity index (χ3n) is 4.61. The summed E-state index contributed by atoms with van der Waals surface area (Å²) in [4.78, 5) is 12.5. The molecule has 1 fully saturated rings. The maximum Gasteiger partial charge on any atom is 0.416 e. The Morgan fingerprint density at radius 2 is 1.79 bits per heavy atom. The Morgan fingerprint density at radius 1 is 1.11 bits per heavy atom. The minimum absolute atomic E-state index is 0.00825. The zero-order valence-corrected chi connectivity index (χ0v) is 16.0. The van der Waals surface area contributed by atoms with Crippen molar-refractivity contribution in [2.75, 3.05) is 18.4 Å². The minimum Gasteiger partial charge on any atom is -0.345 e. The summed E-state index contributed by atoms with van der Waals surface area (Å²) in [5, 5.41) is 2.39. The number of aromatic nitrogens is 1. The van der Waals surface area contributed by atoms with Crippen LogP contribution in [0.25, 0.3) is 0 Å². The summed E-state index contributed by atoms with van der Waals surface area (Å²) in [7, 11) is -2.20. The second-order valence-electron chi connectivity index (χ2n) is 6.67. The Bertz CT molecular complexity index is 977. The zero-order chi connectivity index (χ0) is 20.5. The Hall–Kier alpha value is -2.33. The fourth-order valence-electron chi connectivity index (χ4n) is 3.12. The number of benzene rings is 1. The number of nitrogens with one attached hydrogen (secondary N) is 1. The highest BCUT2D eigenvalue weighted by molar-refractivity contribution is 7.89. The molecule has 0 radical (unpaired) electrons. The van der Waals surface area contributed by atoms with Crippen LogP contribution in [0.15, 0.2) is 41.4 Å². The van der Waals surface area contributed by atoms with E-state index in [0.717, 1.165) is 31.4 Å². The SMILES string of the molecule is Cn1cc(S(=O)(=O)N2CCCCC2)cc1C(=O)Nc1cccc(C(F)(F)F)c1. The number of piperidine rings is 1. The van der Waals surface area contributed by atoms with Crippen LogP contribution in [0, 0.1) is 0 Å². The summed E-state index contributed by atoms with van der Waals surface area (Å²) in [6, 6.07) is 5.50. The van der Waals surface area contributed by atoms with E-state index in [9.17, 15) is 26.4 Å². The third-order valence-corrected chi connectivity index (χ3v) is 6.48. The maximum atomic E-state index is 12.8. The molecule has 1 N–H and O–H groups in total. The highest BCUT2D eigenvalue weighted by atomic mass is 32.2. The molecule has 0 spiro atoms. The van der Waals surface area contributed by atoms with Crippen LogP contribution in [0.3, 0.4) is 0 Å². The summed E-state index contributed by atoms with van der Waals surface area (Å²) in [5.74, 6) is -0.693. The zero-order valence-electron chi connectivity index (χ0n) is 15.2. The number of hydrogen-bond acceptors (Lipinski definition) is 3. The fraction of sp³-hybridized carbons (Fsp3) is 0.389. The lowest BCUT2D eigenvalue weighted by atomic mass is 10.2. The van der Waals surface area contributed by atoms with Crippen molar-refractivity contribution in [1.82, 2.24) is 8.87 Å². The Kier molecular flexibility index (Phi) is 5.53. The molecule has 1 aliphatic rings. The van der Waals surface area contributed by atoms with Gasteiger partial charge in [-0.05, 0) is 37.1 Å². The van der Waals surface area contributed by atoms with Crippen LogP contribution >= 0.6 is 0 Å². The summed E-state index contributed by atoms with van der Waals surface area (Å²) in [5.41, 5.74) is -0.875. The molecule has 10 heteroatoms. The molecule has 1 aromatic heterocycles. The average Bonchev–Trinajstić information content (AvgIpc) is 3.05. The van der Waals surface area contributed by atoms with E-state index in [2.05, 4.69) is 5.32 Å². The third kappa shape index (κ3) is 4.22. The number of carbonyl (C=O) groups excluding carboxylic acids is 1. The van der Waals surface area contributed by atoms with Crippen molar-refractivity contribution in [2.24, 2.45) is 7.05 Å². The normalized spacial score (nSPS) is 16.1. The number of nitrogens with zero attached hydrogens (tertiary/aromatic N) is 2. The van der Waals surface area contributed by atoms with Gasteiger partial charge in [-0.15, -0.1) is 0 Å². The van der Waals surface area contributed by atoms with Gasteiger partial charge in [0.05, 0.1) is 5.56 Å². The molecule has 2 aromatic rings. The molecule has 0 saturated carbocycles. The topological polar surface area (TPSA) is 71.4 Å². The Labute approximate surface area is 161 Å². The number of sulfonamides is 1. The summed E-state index contributed by atoms with van der Waals surface area (Å²) in [6.07, 6.45) is -0.637. The molecular weight excluding hydrogens is 395 g/mol. The lowest BCUT2D eigenvalue weighted by Gasteiger charge is -2.25. The van der Waals surface area contributed by atoms with Gasteiger partial charge >= 0.3 is 6.18 Å². The predicted octanol–water partition coefficient (Wildman–Crippen LogP) is 3.47. The first-order valence-corrected chi connectivity index (χ1v) is 10.2. The number of aryl methyl sites for hydroxylation is 1. The summed E-state index contributed by atoms with van der Waals surface area (Å²) in [6.45, 7) is 0.867. The van der Waals surface area contributed by atoms with Crippen LogP contribution in [-0.4, -0.2) is 36.3 Å². The first-order valence-electron chi connectivity index (χ1n) is 8.74. The second kappa shape index (κ2) is 7.59. The van der Waals surface area contributed by atoms with Gasteiger partial charge in [-0.25, -0.2) is 8.42 Å². The quantitative estimate of drug-likeness (QED) is 0.831. The van der Waals surface area contributed by atoms with E-state index in [1.807, 2.05) is 0 Å². The molecule has 2 heterocycles. The van der Waals surface area contributed by atoms with Crippen molar-refractivity contribution < 1.29 is 26.4 Å². The lowest BCUT2D eigenvalue weighted by molar-refractivity contribution is -0.137. The van der Waals surface area contributed by atoms with Gasteiger partial charge in [0.15, 0.2) is 0 Å². The van der Waals surface area contributed by atoms with E-state index in [1.165, 1.54) is 40.3 Å². The predicted molar refractivity (Wildman–Crippen MR) is 97.4 cm³/mol. The van der Waals surface area contributed by atoms with E-state index in [1.54, 1.807) is 0 Å². The van der Waals surface area contributed by atoms with Crippen LogP contribution < -0.4 is 5.32 Å². The van der Waals surface area contributed by atoms with E-state index in [0.29, 0.717) is 13.1 Å². The molecule has 0 atom stereocenters. The monoisotopic (exact) mass is 415 g/mol. The van der Waals surface area contributed by atoms with Crippen LogP contribution in [-0.2, 0) is 23.2 Å². The average molecular weight is 415 g/mol. The number of amides is 1. The number of carbonyl (C=O) groups is 1. The highest BCUT2D eigenvalue weighted by Gasteiger charge is 2.31. The molecule has 0 bridgehead atoms. The second-order valence-corrected chi connectivity index (χ2v) is 8.61. The molecule has 0 unspecified atom stereocenters. The van der Waals surface area contributed by atoms with Crippen LogP contribution in [0.5, 0.6) is 0 Å². The van der Waals surface area contributed by atoms with Crippen molar-refractivity contribution in [1.29, 1.82) is 0 Å². The van der Waals surface area contributed by atoms with Crippen LogP contribution in [0.2, 0.25) is 0 Å². The molecule has 6 nitrogen and oxygen atoms in total. The van der Waals surface area contributed by atoms with E-state index in [-0.39, 0.29) is 16.3 Å². The van der Waals surface area contributed by atoms with Gasteiger partial charge in [-0.1, -0.05) is 12.5 Å². The molecule has 1 aliphatic heterocycles. The van der Waals surface area contributed by atoms with E-state index >= 15 is 0 Å². The Morgan fingerprint density at radius 3 is 2.43 bits per heavy atom. The van der Waals surface area contributed by atoms with Crippen molar-refractivity contribution >= 4 is 21.6 Å². The number of halogens is 3. The van der Waals surface area contributed by atoms with Gasteiger partial charge in [0.25, 0.3) is 5.91 Å². The van der Waals surface area contributed by atoms with Gasteiger partial charge in [-0.2, -0.15) is 17.5 Å². The number of anilines is 1. The fourth-order valence-corrected chi connectivity index (χ4v) is 4.71. The maximum absolute atomic E-state index is 12.8. The van der Waals surface area contributed by atoms with E-state index in [4.69, 9.17) is 0 Å². The smallest absolute Gasteiger partial charge is 0.345 e. The summed E-state index contributed by atoms with van der Waals surface area (Å²) < 4.78 is 66.7. The number of hydrogen-bond donors (Lipinski definition) is 1. The molecule has 152 valence electrons. The minimum atomic E-state index is -4.53. The first-order chi connectivity index (χ1) is 13.1. The standard InChI is InChI=1S/C18H20F3N3O3S/c1-23-12-15(28(26,27)24-8-3-2-4-9-24)11-16(23)17(25)22-14-7-5-6-13(10-14)18(19,20)21/h5-7,10-12H,2-4,8-9H2,1H3,(H,22,25). The van der Waals surface area contributed by atoms with Gasteiger partial charge in [-0.3, -0.25) is 4.79 Å². The largest absolute Gasteiger partial charge is 0.416 e. The van der Waals surface area contributed by atoms with Gasteiger partial charge in [0.1, 0.15) is 10.6 Å². The van der Waals surface area contributed by atoms with Crippen LogP contribution in [0.1, 0.15) is 35.3 Å². The summed E-state index contributed by atoms with van der Waals surface area (Å²) >= 11 is 0. The molecule has 0 aliphatic carbocycles. The van der Waals surface area contributed by atoms with Crippen molar-refractivity contribution in [2.45, 2.75) is 30.3 Å². The van der Waals surface area contributed by atoms with E-state index < -0.39 is 27.7 Å². The van der Waals surface area contributed by atoms with Crippen molar-refractivity contribution in [3.63, 3.8) is 0 Å². The van der Waals surface area contributed by atoms with Gasteiger partial charge in [0.2, 0.25) is 10.0 Å². The lowest BCUT2D eigenvalue weighted by Crippen LogP contribution is -2.35. The van der Waals surface area contributed by atoms with Gasteiger partial charge < -0.3 is 9.88 Å². The molecule has 1 amide bonds. The Balaban J connectivity index is 1.82. The van der Waals surface area contributed by atoms with Crippen molar-refractivity contribution in [3.05, 3.63) is 47.8 Å². The van der Waals surface area contributed by atoms with Gasteiger partial charge in [0, 0.05) is 32.0 Å². The van der Waals surface area contributed by atoms with Crippen molar-refractivity contribution in [3.8, 4) is 0 Å². The van der Waals surface area contributed by atoms with Crippen LogP contribution in [0.4, 0.5) is 18.9 Å². The molecule has 28 heavy (non-hydrogen) atoms. The highest BCUT2D eigenvalue weighted by Crippen LogP contribution is 2.31. The molecule has 1 saturated heterocycles. The number of alkyl halides is 3. The molecule has 3 rings (SSSR count). The molecule has 1 aromatic carbocycles. The number of rotatable bonds is 4. The molecular formula is C18H20F3N3O3S.